The molecular weight excluding hydrogens is 444 g/mol. The highest BCUT2D eigenvalue weighted by Crippen LogP contribution is 2.60. The van der Waals surface area contributed by atoms with E-state index in [9.17, 15) is 14.1 Å². The zero-order chi connectivity index (χ0) is 23.3. The fourth-order valence-electron chi connectivity index (χ4n) is 3.39. The number of hydrogen-bond donors (Lipinski definition) is 2. The molecule has 0 bridgehead atoms. The molecule has 171 valence electrons. The number of aryl methyl sites for hydroxylation is 1. The molecule has 7 nitrogen and oxygen atoms in total. The van der Waals surface area contributed by atoms with Crippen LogP contribution in [-0.2, 0) is 27.1 Å². The summed E-state index contributed by atoms with van der Waals surface area (Å²) in [6.07, 6.45) is 8.65. The van der Waals surface area contributed by atoms with E-state index in [1.165, 1.54) is 18.2 Å². The summed E-state index contributed by atoms with van der Waals surface area (Å²) in [6, 6.07) is 13.3. The van der Waals surface area contributed by atoms with Crippen molar-refractivity contribution in [1.29, 1.82) is 0 Å². The van der Waals surface area contributed by atoms with E-state index in [4.69, 9.17) is 9.05 Å². The van der Waals surface area contributed by atoms with Gasteiger partial charge in [-0.25, -0.2) is 4.39 Å². The van der Waals surface area contributed by atoms with Gasteiger partial charge in [0.05, 0.1) is 31.3 Å². The molecular formula is C24H24FN3O4P. The predicted molar refractivity (Wildman–Crippen MR) is 127 cm³/mol. The number of amides is 1. The summed E-state index contributed by atoms with van der Waals surface area (Å²) in [5, 5.41) is 7.05. The van der Waals surface area contributed by atoms with Gasteiger partial charge < -0.3 is 19.3 Å². The van der Waals surface area contributed by atoms with E-state index in [2.05, 4.69) is 10.4 Å². The SMILES string of the molecule is Cn1ncc(C=CC(=O)Nc2ccc(C[P]3(O)OCC=CCO3)cc2)c1-c1ccc(F)cc1. The summed E-state index contributed by atoms with van der Waals surface area (Å²) >= 11 is 0. The Morgan fingerprint density at radius 2 is 1.82 bits per heavy atom. The third-order valence-electron chi connectivity index (χ3n) is 5.01. The van der Waals surface area contributed by atoms with Crippen molar-refractivity contribution in [3.8, 4) is 11.3 Å². The van der Waals surface area contributed by atoms with Crippen LogP contribution in [0.4, 0.5) is 10.1 Å². The lowest BCUT2D eigenvalue weighted by Crippen LogP contribution is -2.08. The van der Waals surface area contributed by atoms with Crippen LogP contribution in [0.25, 0.3) is 17.3 Å². The van der Waals surface area contributed by atoms with Crippen LogP contribution in [0.3, 0.4) is 0 Å². The largest absolute Gasteiger partial charge is 0.335 e. The maximum Gasteiger partial charge on any atom is 0.248 e. The molecule has 0 aliphatic carbocycles. The summed E-state index contributed by atoms with van der Waals surface area (Å²) in [7, 11) is -1.15. The van der Waals surface area contributed by atoms with Gasteiger partial charge in [-0.15, -0.1) is 0 Å². The summed E-state index contributed by atoms with van der Waals surface area (Å²) < 4.78 is 25.9. The van der Waals surface area contributed by atoms with Crippen molar-refractivity contribution in [2.45, 2.75) is 6.16 Å². The van der Waals surface area contributed by atoms with Crippen molar-refractivity contribution >= 4 is 25.6 Å². The van der Waals surface area contributed by atoms with E-state index in [1.807, 2.05) is 24.3 Å². The average molecular weight is 468 g/mol. The Bertz CT molecular complexity index is 1160. The molecule has 33 heavy (non-hydrogen) atoms. The molecule has 1 radical (unpaired) electrons. The van der Waals surface area contributed by atoms with Crippen molar-refractivity contribution in [1.82, 2.24) is 9.78 Å². The van der Waals surface area contributed by atoms with Gasteiger partial charge in [-0.2, -0.15) is 5.10 Å². The number of halogens is 1. The minimum absolute atomic E-state index is 0.274. The molecule has 4 rings (SSSR count). The summed E-state index contributed by atoms with van der Waals surface area (Å²) in [5.41, 5.74) is 3.79. The zero-order valence-corrected chi connectivity index (χ0v) is 18.9. The van der Waals surface area contributed by atoms with Crippen LogP contribution in [0.15, 0.2) is 73.0 Å². The zero-order valence-electron chi connectivity index (χ0n) is 18.0. The van der Waals surface area contributed by atoms with Gasteiger partial charge in [0.25, 0.3) is 0 Å². The van der Waals surface area contributed by atoms with Gasteiger partial charge in [0, 0.05) is 29.9 Å². The topological polar surface area (TPSA) is 85.6 Å². The van der Waals surface area contributed by atoms with Crippen LogP contribution in [0.1, 0.15) is 11.1 Å². The second-order valence-electron chi connectivity index (χ2n) is 7.46. The minimum Gasteiger partial charge on any atom is -0.335 e. The maximum absolute atomic E-state index is 13.3. The molecule has 1 aromatic heterocycles. The molecule has 2 aromatic carbocycles. The second-order valence-corrected chi connectivity index (χ2v) is 9.56. The number of aromatic nitrogens is 2. The molecule has 1 aliphatic rings. The number of benzene rings is 2. The Morgan fingerprint density at radius 3 is 2.48 bits per heavy atom. The Kier molecular flexibility index (Phi) is 7.11. The molecule has 3 aromatic rings. The van der Waals surface area contributed by atoms with E-state index in [-0.39, 0.29) is 17.9 Å². The van der Waals surface area contributed by atoms with Crippen LogP contribution in [0.5, 0.6) is 0 Å². The molecule has 9 heteroatoms. The third kappa shape index (κ3) is 6.00. The Labute approximate surface area is 191 Å². The molecule has 0 unspecified atom stereocenters. The van der Waals surface area contributed by atoms with E-state index in [0.717, 1.165) is 22.4 Å². The molecule has 0 spiro atoms. The number of rotatable bonds is 6. The lowest BCUT2D eigenvalue weighted by Gasteiger charge is -2.27. The van der Waals surface area contributed by atoms with Crippen LogP contribution in [0.2, 0.25) is 0 Å². The van der Waals surface area contributed by atoms with Crippen LogP contribution < -0.4 is 5.32 Å². The molecule has 0 saturated heterocycles. The molecule has 1 aliphatic heterocycles. The Hall–Kier alpha value is -3.16. The van der Waals surface area contributed by atoms with Crippen molar-refractivity contribution in [2.24, 2.45) is 7.05 Å². The van der Waals surface area contributed by atoms with Gasteiger partial charge in [-0.05, 0) is 48.0 Å². The van der Waals surface area contributed by atoms with E-state index in [1.54, 1.807) is 48.3 Å². The molecule has 0 atom stereocenters. The van der Waals surface area contributed by atoms with Gasteiger partial charge in [-0.1, -0.05) is 24.3 Å². The first-order valence-electron chi connectivity index (χ1n) is 10.3. The minimum atomic E-state index is -2.94. The van der Waals surface area contributed by atoms with Crippen molar-refractivity contribution in [3.05, 3.63) is 89.9 Å². The molecule has 1 amide bonds. The number of anilines is 1. The van der Waals surface area contributed by atoms with E-state index < -0.39 is 7.94 Å². The number of carbonyl (C=O) groups is 1. The van der Waals surface area contributed by atoms with Crippen molar-refractivity contribution < 1.29 is 23.1 Å². The van der Waals surface area contributed by atoms with Crippen LogP contribution in [0, 0.1) is 5.82 Å². The molecule has 0 fully saturated rings. The first-order valence-corrected chi connectivity index (χ1v) is 12.1. The number of nitrogens with zero attached hydrogens (tertiary/aromatic N) is 2. The standard InChI is InChI=1S/C24H24FN3O4P/c1-28-24(19-6-9-21(25)10-7-19)20(16-26-28)8-13-23(29)27-22-11-4-18(5-12-22)17-33(30)31-14-2-3-15-32-33/h2-13,16,30H,14-15,17H2,1H3,(H,27,29). The van der Waals surface area contributed by atoms with Gasteiger partial charge in [0.2, 0.25) is 13.9 Å². The monoisotopic (exact) mass is 468 g/mol. The highest BCUT2D eigenvalue weighted by atomic mass is 31.2. The van der Waals surface area contributed by atoms with Gasteiger partial charge in [0.1, 0.15) is 5.82 Å². The molecule has 2 N–H and O–H groups in total. The van der Waals surface area contributed by atoms with Gasteiger partial charge in [0.15, 0.2) is 0 Å². The quantitative estimate of drug-likeness (QED) is 0.310. The van der Waals surface area contributed by atoms with Gasteiger partial charge >= 0.3 is 0 Å². The maximum atomic E-state index is 13.3. The Balaban J connectivity index is 1.39. The van der Waals surface area contributed by atoms with E-state index >= 15 is 0 Å². The average Bonchev–Trinajstić information content (AvgIpc) is 3.03. The summed E-state index contributed by atoms with van der Waals surface area (Å²) in [5.74, 6) is -0.616. The number of nitrogens with one attached hydrogen (secondary N) is 1. The van der Waals surface area contributed by atoms with Crippen molar-refractivity contribution in [2.75, 3.05) is 18.5 Å². The van der Waals surface area contributed by atoms with E-state index in [0.29, 0.717) is 18.9 Å². The number of carbonyl (C=O) groups excluding carboxylic acids is 1. The molecule has 2 heterocycles. The fourth-order valence-corrected chi connectivity index (χ4v) is 4.96. The highest BCUT2D eigenvalue weighted by Gasteiger charge is 2.28. The second kappa shape index (κ2) is 10.2. The fraction of sp³-hybridized carbons (Fsp3) is 0.167. The highest BCUT2D eigenvalue weighted by molar-refractivity contribution is 7.59. The first-order chi connectivity index (χ1) is 15.9. The lowest BCUT2D eigenvalue weighted by molar-refractivity contribution is -0.111. The lowest BCUT2D eigenvalue weighted by atomic mass is 10.1. The number of hydrogen-bond acceptors (Lipinski definition) is 5. The smallest absolute Gasteiger partial charge is 0.248 e. The van der Waals surface area contributed by atoms with Gasteiger partial charge in [-0.3, -0.25) is 9.48 Å². The van der Waals surface area contributed by atoms with Crippen molar-refractivity contribution in [3.63, 3.8) is 0 Å². The first kappa shape index (κ1) is 23.0. The Morgan fingerprint density at radius 1 is 1.15 bits per heavy atom. The summed E-state index contributed by atoms with van der Waals surface area (Å²) in [4.78, 5) is 23.0. The van der Waals surface area contributed by atoms with Crippen LogP contribution in [-0.4, -0.2) is 33.8 Å². The van der Waals surface area contributed by atoms with Crippen LogP contribution >= 0.6 is 7.94 Å². The summed E-state index contributed by atoms with van der Waals surface area (Å²) in [6.45, 7) is 0.648. The predicted octanol–water partition coefficient (Wildman–Crippen LogP) is 4.74. The normalized spacial score (nSPS) is 15.5. The molecule has 0 saturated carbocycles. The third-order valence-corrected chi connectivity index (χ3v) is 6.88.